The lowest BCUT2D eigenvalue weighted by Crippen LogP contribution is -2.42. The molecule has 2 N–H and O–H groups in total. The van der Waals surface area contributed by atoms with Crippen LogP contribution in [0.25, 0.3) is 0 Å². The van der Waals surface area contributed by atoms with Gasteiger partial charge < -0.3 is 4.57 Å². The first kappa shape index (κ1) is 12.4. The Morgan fingerprint density at radius 2 is 1.80 bits per heavy atom. The van der Waals surface area contributed by atoms with Gasteiger partial charge in [0.25, 0.3) is 0 Å². The van der Waals surface area contributed by atoms with E-state index < -0.39 is 7.95 Å². The molecule has 0 spiro atoms. The minimum atomic E-state index is -2.07. The Hall–Kier alpha value is -0.630. The Morgan fingerprint density at radius 1 is 1.27 bits per heavy atom. The van der Waals surface area contributed by atoms with Crippen molar-refractivity contribution in [2.75, 3.05) is 0 Å². The summed E-state index contributed by atoms with van der Waals surface area (Å²) in [6.07, 6.45) is 0. The van der Waals surface area contributed by atoms with Crippen molar-refractivity contribution < 1.29 is 4.57 Å². The summed E-state index contributed by atoms with van der Waals surface area (Å²) in [6.45, 7) is 7.81. The minimum absolute atomic E-state index is 0.279. The minimum Gasteiger partial charge on any atom is -0.303 e. The lowest BCUT2D eigenvalue weighted by Gasteiger charge is -2.30. The molecular weight excluding hydrogens is 207 g/mol. The third-order valence-electron chi connectivity index (χ3n) is 2.32. The van der Waals surface area contributed by atoms with Crippen LogP contribution in [-0.2, 0) is 4.57 Å². The molecule has 0 saturated heterocycles. The van der Waals surface area contributed by atoms with E-state index in [9.17, 15) is 4.57 Å². The Labute approximate surface area is 92.1 Å². The number of hydrogen-bond acceptors (Lipinski definition) is 2. The van der Waals surface area contributed by atoms with Gasteiger partial charge in [-0.2, -0.15) is 4.78 Å². The SMILES string of the molecule is Cc1ccccc1[PH](=O)N(N)C(C)(C)C. The largest absolute Gasteiger partial charge is 0.303 e. The molecule has 0 bridgehead atoms. The van der Waals surface area contributed by atoms with E-state index >= 15 is 0 Å². The van der Waals surface area contributed by atoms with Gasteiger partial charge in [-0.15, -0.1) is 0 Å². The smallest absolute Gasteiger partial charge is 0.180 e. The highest BCUT2D eigenvalue weighted by Gasteiger charge is 2.24. The van der Waals surface area contributed by atoms with Gasteiger partial charge in [-0.25, -0.2) is 0 Å². The Balaban J connectivity index is 3.01. The van der Waals surface area contributed by atoms with Gasteiger partial charge in [0.15, 0.2) is 7.95 Å². The predicted molar refractivity (Wildman–Crippen MR) is 65.6 cm³/mol. The van der Waals surface area contributed by atoms with Crippen LogP contribution in [0, 0.1) is 6.92 Å². The van der Waals surface area contributed by atoms with E-state index in [1.807, 2.05) is 52.0 Å². The first-order valence-electron chi connectivity index (χ1n) is 4.99. The molecule has 1 aromatic carbocycles. The highest BCUT2D eigenvalue weighted by atomic mass is 31.1. The van der Waals surface area contributed by atoms with Gasteiger partial charge in [-0.1, -0.05) is 24.3 Å². The van der Waals surface area contributed by atoms with Crippen LogP contribution in [0.15, 0.2) is 24.3 Å². The predicted octanol–water partition coefficient (Wildman–Crippen LogP) is 2.07. The quantitative estimate of drug-likeness (QED) is 0.477. The molecular formula is C11H19N2OP. The maximum Gasteiger partial charge on any atom is 0.180 e. The van der Waals surface area contributed by atoms with Crippen molar-refractivity contribution >= 4 is 13.3 Å². The van der Waals surface area contributed by atoms with Crippen LogP contribution in [-0.4, -0.2) is 10.3 Å². The lowest BCUT2D eigenvalue weighted by atomic mass is 10.1. The second-order valence-corrected chi connectivity index (χ2v) is 6.29. The van der Waals surface area contributed by atoms with Crippen LogP contribution < -0.4 is 11.1 Å². The molecule has 0 fully saturated rings. The zero-order chi connectivity index (χ0) is 11.6. The van der Waals surface area contributed by atoms with Crippen molar-refractivity contribution in [1.82, 2.24) is 4.78 Å². The van der Waals surface area contributed by atoms with Gasteiger partial charge >= 0.3 is 0 Å². The van der Waals surface area contributed by atoms with Gasteiger partial charge in [0.2, 0.25) is 0 Å². The molecule has 0 aliphatic rings. The molecule has 4 heteroatoms. The van der Waals surface area contributed by atoms with Crippen molar-refractivity contribution in [2.45, 2.75) is 33.2 Å². The van der Waals surface area contributed by atoms with Crippen molar-refractivity contribution in [2.24, 2.45) is 5.84 Å². The normalized spacial score (nSPS) is 14.3. The standard InChI is InChI=1S/C11H19N2OP/c1-9-7-5-6-8-10(9)15(14)13(12)11(2,3)4/h5-8,15H,12H2,1-4H3. The molecule has 0 saturated carbocycles. The fourth-order valence-corrected chi connectivity index (χ4v) is 2.78. The van der Waals surface area contributed by atoms with Crippen molar-refractivity contribution in [3.63, 3.8) is 0 Å². The molecule has 15 heavy (non-hydrogen) atoms. The Kier molecular flexibility index (Phi) is 3.72. The van der Waals surface area contributed by atoms with E-state index in [4.69, 9.17) is 5.84 Å². The molecule has 1 aromatic rings. The lowest BCUT2D eigenvalue weighted by molar-refractivity contribution is 0.263. The second kappa shape index (κ2) is 4.48. The average molecular weight is 226 g/mol. The van der Waals surface area contributed by atoms with Crippen molar-refractivity contribution in [3.8, 4) is 0 Å². The molecule has 1 atom stereocenters. The van der Waals surface area contributed by atoms with Crippen molar-refractivity contribution in [1.29, 1.82) is 0 Å². The maximum atomic E-state index is 12.2. The molecule has 84 valence electrons. The van der Waals surface area contributed by atoms with Crippen LogP contribution in [0.3, 0.4) is 0 Å². The van der Waals surface area contributed by atoms with E-state index in [0.29, 0.717) is 0 Å². The third-order valence-corrected chi connectivity index (χ3v) is 4.45. The maximum absolute atomic E-state index is 12.2. The van der Waals surface area contributed by atoms with Crippen LogP contribution in [0.1, 0.15) is 26.3 Å². The summed E-state index contributed by atoms with van der Waals surface area (Å²) in [5.41, 5.74) is 0.749. The highest BCUT2D eigenvalue weighted by molar-refractivity contribution is 7.51. The van der Waals surface area contributed by atoms with E-state index in [1.54, 1.807) is 0 Å². The summed E-state index contributed by atoms with van der Waals surface area (Å²) in [6, 6.07) is 7.66. The van der Waals surface area contributed by atoms with E-state index in [2.05, 4.69) is 0 Å². The van der Waals surface area contributed by atoms with E-state index in [-0.39, 0.29) is 5.54 Å². The van der Waals surface area contributed by atoms with Crippen LogP contribution in [0.4, 0.5) is 0 Å². The summed E-state index contributed by atoms with van der Waals surface area (Å²) in [5, 5.41) is 0.847. The summed E-state index contributed by atoms with van der Waals surface area (Å²) in [7, 11) is -2.07. The fourth-order valence-electron chi connectivity index (χ4n) is 1.25. The number of aryl methyl sites for hydroxylation is 1. The summed E-state index contributed by atoms with van der Waals surface area (Å²) >= 11 is 0. The summed E-state index contributed by atoms with van der Waals surface area (Å²) in [5.74, 6) is 5.86. The van der Waals surface area contributed by atoms with Crippen LogP contribution in [0.5, 0.6) is 0 Å². The number of nitrogens with zero attached hydrogens (tertiary/aromatic N) is 1. The first-order chi connectivity index (χ1) is 6.84. The highest BCUT2D eigenvalue weighted by Crippen LogP contribution is 2.30. The molecule has 0 heterocycles. The summed E-state index contributed by atoms with van der Waals surface area (Å²) in [4.78, 5) is 0. The van der Waals surface area contributed by atoms with Gasteiger partial charge in [0.05, 0.1) is 0 Å². The van der Waals surface area contributed by atoms with E-state index in [0.717, 1.165) is 10.9 Å². The molecule has 0 aromatic heterocycles. The van der Waals surface area contributed by atoms with E-state index in [1.165, 1.54) is 4.78 Å². The number of hydrazine groups is 1. The topological polar surface area (TPSA) is 46.3 Å². The van der Waals surface area contributed by atoms with Gasteiger partial charge in [0.1, 0.15) is 0 Å². The second-order valence-electron chi connectivity index (χ2n) is 4.66. The summed E-state index contributed by atoms with van der Waals surface area (Å²) < 4.78 is 13.7. The molecule has 0 radical (unpaired) electrons. The molecule has 0 amide bonds. The molecule has 0 aliphatic carbocycles. The number of rotatable bonds is 2. The van der Waals surface area contributed by atoms with Gasteiger partial charge in [-0.05, 0) is 33.3 Å². The third kappa shape index (κ3) is 2.91. The monoisotopic (exact) mass is 226 g/mol. The number of nitrogens with two attached hydrogens (primary N) is 1. The zero-order valence-electron chi connectivity index (χ0n) is 9.74. The van der Waals surface area contributed by atoms with Crippen LogP contribution in [0.2, 0.25) is 0 Å². The number of benzene rings is 1. The number of hydrogen-bond donors (Lipinski definition) is 1. The van der Waals surface area contributed by atoms with Crippen molar-refractivity contribution in [3.05, 3.63) is 29.8 Å². The van der Waals surface area contributed by atoms with Gasteiger partial charge in [0, 0.05) is 10.8 Å². The molecule has 3 nitrogen and oxygen atoms in total. The molecule has 0 aliphatic heterocycles. The van der Waals surface area contributed by atoms with Crippen LogP contribution >= 0.6 is 7.95 Å². The molecule has 1 rings (SSSR count). The van der Waals surface area contributed by atoms with Gasteiger partial charge in [-0.3, -0.25) is 5.84 Å². The Morgan fingerprint density at radius 3 is 2.27 bits per heavy atom. The molecule has 1 unspecified atom stereocenters. The zero-order valence-corrected chi connectivity index (χ0v) is 10.7. The average Bonchev–Trinajstić information content (AvgIpc) is 2.15. The first-order valence-corrected chi connectivity index (χ1v) is 6.34. The fraction of sp³-hybridized carbons (Fsp3) is 0.455. The Bertz CT molecular complexity index is 371.